The molecule has 2 heteroatoms. The molecule has 2 unspecified atom stereocenters. The summed E-state index contributed by atoms with van der Waals surface area (Å²) in [6.45, 7) is 13.7. The first-order valence-corrected chi connectivity index (χ1v) is 7.00. The highest BCUT2D eigenvalue weighted by atomic mass is 15.1. The molecule has 2 heterocycles. The third-order valence-corrected chi connectivity index (χ3v) is 4.60. The SMILES string of the molecule is CC1CNCC1CN1CCCC(C)(C)CC1. The van der Waals surface area contributed by atoms with Crippen LogP contribution in [0.25, 0.3) is 0 Å². The van der Waals surface area contributed by atoms with Gasteiger partial charge < -0.3 is 10.2 Å². The van der Waals surface area contributed by atoms with Gasteiger partial charge in [0.2, 0.25) is 0 Å². The largest absolute Gasteiger partial charge is 0.316 e. The maximum atomic E-state index is 3.52. The molecule has 0 bridgehead atoms. The van der Waals surface area contributed by atoms with Crippen molar-refractivity contribution in [1.29, 1.82) is 0 Å². The van der Waals surface area contributed by atoms with E-state index in [4.69, 9.17) is 0 Å². The molecule has 2 nitrogen and oxygen atoms in total. The molecule has 2 aliphatic heterocycles. The van der Waals surface area contributed by atoms with Gasteiger partial charge in [0, 0.05) is 6.54 Å². The Kier molecular flexibility index (Phi) is 3.91. The van der Waals surface area contributed by atoms with Gasteiger partial charge in [0.1, 0.15) is 0 Å². The van der Waals surface area contributed by atoms with Crippen LogP contribution in [0.5, 0.6) is 0 Å². The van der Waals surface area contributed by atoms with Gasteiger partial charge in [-0.25, -0.2) is 0 Å². The molecule has 0 aromatic rings. The van der Waals surface area contributed by atoms with Crippen LogP contribution in [0.4, 0.5) is 0 Å². The lowest BCUT2D eigenvalue weighted by Crippen LogP contribution is -2.33. The highest BCUT2D eigenvalue weighted by molar-refractivity contribution is 4.83. The summed E-state index contributed by atoms with van der Waals surface area (Å²) in [6, 6.07) is 0. The molecule has 2 saturated heterocycles. The molecule has 2 atom stereocenters. The summed E-state index contributed by atoms with van der Waals surface area (Å²) in [5, 5.41) is 3.52. The second-order valence-corrected chi connectivity index (χ2v) is 6.71. The molecular formula is C14H28N2. The van der Waals surface area contributed by atoms with E-state index in [0.717, 1.165) is 11.8 Å². The Morgan fingerprint density at radius 2 is 2.00 bits per heavy atom. The Hall–Kier alpha value is -0.0800. The highest BCUT2D eigenvalue weighted by Gasteiger charge is 2.28. The summed E-state index contributed by atoms with van der Waals surface area (Å²) in [5.74, 6) is 1.76. The lowest BCUT2D eigenvalue weighted by atomic mass is 9.85. The van der Waals surface area contributed by atoms with Crippen LogP contribution >= 0.6 is 0 Å². The minimum absolute atomic E-state index is 0.578. The second-order valence-electron chi connectivity index (χ2n) is 6.71. The summed E-state index contributed by atoms with van der Waals surface area (Å²) in [6.07, 6.45) is 4.17. The summed E-state index contributed by atoms with van der Waals surface area (Å²) in [7, 11) is 0. The average Bonchev–Trinajstić information content (AvgIpc) is 2.52. The van der Waals surface area contributed by atoms with Gasteiger partial charge in [-0.05, 0) is 62.7 Å². The van der Waals surface area contributed by atoms with Gasteiger partial charge in [0.15, 0.2) is 0 Å². The molecule has 0 radical (unpaired) electrons. The lowest BCUT2D eigenvalue weighted by Gasteiger charge is -2.26. The molecule has 1 N–H and O–H groups in total. The normalized spacial score (nSPS) is 36.2. The molecular weight excluding hydrogens is 196 g/mol. The first-order chi connectivity index (χ1) is 7.57. The third kappa shape index (κ3) is 3.21. The first-order valence-electron chi connectivity index (χ1n) is 7.00. The van der Waals surface area contributed by atoms with E-state index < -0.39 is 0 Å². The maximum Gasteiger partial charge on any atom is 0.00248 e. The van der Waals surface area contributed by atoms with Crippen LogP contribution in [0, 0.1) is 17.3 Å². The number of nitrogens with zero attached hydrogens (tertiary/aromatic N) is 1. The van der Waals surface area contributed by atoms with Crippen molar-refractivity contribution in [1.82, 2.24) is 10.2 Å². The van der Waals surface area contributed by atoms with Gasteiger partial charge in [0.25, 0.3) is 0 Å². The summed E-state index contributed by atoms with van der Waals surface area (Å²) < 4.78 is 0. The lowest BCUT2D eigenvalue weighted by molar-refractivity contribution is 0.216. The first kappa shape index (κ1) is 12.4. The van der Waals surface area contributed by atoms with E-state index in [1.165, 1.54) is 52.0 Å². The molecule has 0 aromatic heterocycles. The van der Waals surface area contributed by atoms with Gasteiger partial charge in [-0.3, -0.25) is 0 Å². The quantitative estimate of drug-likeness (QED) is 0.774. The molecule has 94 valence electrons. The molecule has 2 aliphatic rings. The van der Waals surface area contributed by atoms with Gasteiger partial charge in [-0.1, -0.05) is 20.8 Å². The van der Waals surface area contributed by atoms with Crippen molar-refractivity contribution in [2.45, 2.75) is 40.0 Å². The molecule has 0 aliphatic carbocycles. The Labute approximate surface area is 101 Å². The standard InChI is InChI=1S/C14H28N2/c1-12-9-15-10-13(12)11-16-7-4-5-14(2,3)6-8-16/h12-13,15H,4-11H2,1-3H3. The van der Waals surface area contributed by atoms with E-state index in [0.29, 0.717) is 5.41 Å². The Bertz CT molecular complexity index is 225. The molecule has 16 heavy (non-hydrogen) atoms. The maximum absolute atomic E-state index is 3.52. The number of hydrogen-bond acceptors (Lipinski definition) is 2. The third-order valence-electron chi connectivity index (χ3n) is 4.60. The van der Waals surface area contributed by atoms with Crippen molar-refractivity contribution in [2.75, 3.05) is 32.7 Å². The zero-order valence-corrected chi connectivity index (χ0v) is 11.3. The van der Waals surface area contributed by atoms with E-state index in [1.54, 1.807) is 0 Å². The van der Waals surface area contributed by atoms with Gasteiger partial charge in [0.05, 0.1) is 0 Å². The van der Waals surface area contributed by atoms with Crippen molar-refractivity contribution < 1.29 is 0 Å². The topological polar surface area (TPSA) is 15.3 Å². The van der Waals surface area contributed by atoms with Crippen LogP contribution in [0.1, 0.15) is 40.0 Å². The minimum Gasteiger partial charge on any atom is -0.316 e. The minimum atomic E-state index is 0.578. The smallest absolute Gasteiger partial charge is 0.00248 e. The Morgan fingerprint density at radius 3 is 2.69 bits per heavy atom. The van der Waals surface area contributed by atoms with E-state index in [1.807, 2.05) is 0 Å². The van der Waals surface area contributed by atoms with E-state index in [9.17, 15) is 0 Å². The zero-order valence-electron chi connectivity index (χ0n) is 11.3. The summed E-state index contributed by atoms with van der Waals surface area (Å²) in [4.78, 5) is 2.71. The van der Waals surface area contributed by atoms with E-state index in [-0.39, 0.29) is 0 Å². The Morgan fingerprint density at radius 1 is 1.19 bits per heavy atom. The van der Waals surface area contributed by atoms with Crippen LogP contribution in [0.15, 0.2) is 0 Å². The molecule has 0 aromatic carbocycles. The molecule has 2 fully saturated rings. The van der Waals surface area contributed by atoms with Gasteiger partial charge in [-0.15, -0.1) is 0 Å². The number of likely N-dealkylation sites (tertiary alicyclic amines) is 1. The van der Waals surface area contributed by atoms with Crippen LogP contribution < -0.4 is 5.32 Å². The number of rotatable bonds is 2. The van der Waals surface area contributed by atoms with Crippen molar-refractivity contribution in [2.24, 2.45) is 17.3 Å². The summed E-state index contributed by atoms with van der Waals surface area (Å²) in [5.41, 5.74) is 0.578. The fraction of sp³-hybridized carbons (Fsp3) is 1.00. The van der Waals surface area contributed by atoms with Crippen LogP contribution in [-0.2, 0) is 0 Å². The average molecular weight is 224 g/mol. The van der Waals surface area contributed by atoms with E-state index >= 15 is 0 Å². The molecule has 2 rings (SSSR count). The van der Waals surface area contributed by atoms with Crippen LogP contribution in [0.3, 0.4) is 0 Å². The number of hydrogen-bond donors (Lipinski definition) is 1. The predicted octanol–water partition coefficient (Wildman–Crippen LogP) is 2.35. The summed E-state index contributed by atoms with van der Waals surface area (Å²) >= 11 is 0. The fourth-order valence-electron chi connectivity index (χ4n) is 3.10. The van der Waals surface area contributed by atoms with Crippen molar-refractivity contribution >= 4 is 0 Å². The molecule has 0 spiro atoms. The fourth-order valence-corrected chi connectivity index (χ4v) is 3.10. The van der Waals surface area contributed by atoms with Crippen LogP contribution in [-0.4, -0.2) is 37.6 Å². The Balaban J connectivity index is 1.81. The van der Waals surface area contributed by atoms with Crippen molar-refractivity contribution in [3.63, 3.8) is 0 Å². The predicted molar refractivity (Wildman–Crippen MR) is 69.6 cm³/mol. The van der Waals surface area contributed by atoms with E-state index in [2.05, 4.69) is 31.0 Å². The zero-order chi connectivity index (χ0) is 11.6. The monoisotopic (exact) mass is 224 g/mol. The van der Waals surface area contributed by atoms with Crippen LogP contribution in [0.2, 0.25) is 0 Å². The van der Waals surface area contributed by atoms with Crippen molar-refractivity contribution in [3.05, 3.63) is 0 Å². The second kappa shape index (κ2) is 5.05. The van der Waals surface area contributed by atoms with Crippen molar-refractivity contribution in [3.8, 4) is 0 Å². The molecule has 0 amide bonds. The molecule has 0 saturated carbocycles. The van der Waals surface area contributed by atoms with Gasteiger partial charge in [-0.2, -0.15) is 0 Å². The highest BCUT2D eigenvalue weighted by Crippen LogP contribution is 2.30. The van der Waals surface area contributed by atoms with Gasteiger partial charge >= 0.3 is 0 Å². The number of nitrogens with one attached hydrogen (secondary N) is 1.